The minimum atomic E-state index is -1.13. The molecule has 0 aliphatic heterocycles. The molecule has 2 aromatic rings. The molecular weight excluding hydrogens is 395 g/mol. The fraction of sp³-hybridized carbons (Fsp3) is 0.222. The van der Waals surface area contributed by atoms with Crippen molar-refractivity contribution < 1.29 is 47.1 Å². The van der Waals surface area contributed by atoms with Gasteiger partial charge < -0.3 is 31.9 Å². The van der Waals surface area contributed by atoms with Crippen LogP contribution in [0.1, 0.15) is 11.1 Å². The molecular formula is C18H20MnN2O6. The Morgan fingerprint density at radius 3 is 1.19 bits per heavy atom. The molecule has 1 radical (unpaired) electrons. The molecule has 0 amide bonds. The van der Waals surface area contributed by atoms with Crippen LogP contribution in [-0.2, 0) is 39.5 Å². The van der Waals surface area contributed by atoms with Crippen molar-refractivity contribution in [2.24, 2.45) is 0 Å². The Bertz CT molecular complexity index is 658. The van der Waals surface area contributed by atoms with E-state index in [2.05, 4.69) is 0 Å². The van der Waals surface area contributed by atoms with E-state index in [0.717, 1.165) is 11.1 Å². The number of rotatable bonds is 6. The van der Waals surface area contributed by atoms with E-state index in [9.17, 15) is 9.59 Å². The number of nitrogens with one attached hydrogen (secondary N) is 2. The first-order chi connectivity index (χ1) is 12.2. The Labute approximate surface area is 166 Å². The molecule has 2 aromatic carbocycles. The number of aromatic hydroxyl groups is 2. The smallest absolute Gasteiger partial charge is 0.665 e. The fourth-order valence-electron chi connectivity index (χ4n) is 1.91. The Morgan fingerprint density at radius 2 is 0.963 bits per heavy atom. The van der Waals surface area contributed by atoms with Crippen molar-refractivity contribution in [2.45, 2.75) is 24.9 Å². The molecule has 2 rings (SSSR count). The molecule has 0 saturated heterocycles. The molecule has 145 valence electrons. The molecule has 8 nitrogen and oxygen atoms in total. The average molecular weight is 415 g/mol. The van der Waals surface area contributed by atoms with Crippen LogP contribution in [0.25, 0.3) is 11.5 Å². The van der Waals surface area contributed by atoms with Crippen molar-refractivity contribution >= 4 is 11.9 Å². The summed E-state index contributed by atoms with van der Waals surface area (Å²) in [6.07, 6.45) is 0.325. The van der Waals surface area contributed by atoms with E-state index >= 15 is 0 Å². The third-order valence-corrected chi connectivity index (χ3v) is 3.35. The molecule has 0 fully saturated rings. The van der Waals surface area contributed by atoms with Gasteiger partial charge in [-0.05, 0) is 60.3 Å². The topological polar surface area (TPSA) is 163 Å². The standard InChI is InChI=1S/2C9H10NO3.Mn/c2*10-8(9(12)13)5-6-1-3-7(11)4-2-6;/h2*1-4,8,10-11H,5H2,(H,12,13);/q2*-1;+2. The van der Waals surface area contributed by atoms with Gasteiger partial charge in [0.25, 0.3) is 11.9 Å². The molecule has 0 aromatic heterocycles. The summed E-state index contributed by atoms with van der Waals surface area (Å²) in [7, 11) is 0. The Kier molecular flexibility index (Phi) is 10.8. The van der Waals surface area contributed by atoms with Crippen LogP contribution < -0.4 is 0 Å². The number of carboxylic acid groups (broad SMARTS) is 2. The molecule has 0 aliphatic rings. The molecule has 6 N–H and O–H groups in total. The third kappa shape index (κ3) is 9.62. The van der Waals surface area contributed by atoms with E-state index in [0.29, 0.717) is 0 Å². The Balaban J connectivity index is 0.000000483. The Hall–Kier alpha value is -2.58. The molecule has 0 heterocycles. The predicted molar refractivity (Wildman–Crippen MR) is 95.1 cm³/mol. The van der Waals surface area contributed by atoms with Gasteiger partial charge in [-0.2, -0.15) is 0 Å². The molecule has 2 atom stereocenters. The number of hydrogen-bond donors (Lipinski definition) is 4. The number of phenols is 2. The quantitative estimate of drug-likeness (QED) is 0.530. The van der Waals surface area contributed by atoms with E-state index in [1.165, 1.54) is 24.3 Å². The maximum Gasteiger partial charge on any atom is 2.00 e. The summed E-state index contributed by atoms with van der Waals surface area (Å²) < 4.78 is 0. The minimum absolute atomic E-state index is 0. The van der Waals surface area contributed by atoms with Gasteiger partial charge in [0.05, 0.1) is 0 Å². The first-order valence-corrected chi connectivity index (χ1v) is 7.62. The van der Waals surface area contributed by atoms with Crippen LogP contribution in [0.3, 0.4) is 0 Å². The maximum atomic E-state index is 10.3. The van der Waals surface area contributed by atoms with Gasteiger partial charge in [-0.15, -0.1) is 0 Å². The molecule has 0 saturated carbocycles. The number of benzene rings is 2. The number of aliphatic carboxylic acids is 2. The van der Waals surface area contributed by atoms with Gasteiger partial charge in [-0.25, -0.2) is 0 Å². The van der Waals surface area contributed by atoms with E-state index < -0.39 is 24.0 Å². The third-order valence-electron chi connectivity index (χ3n) is 3.35. The minimum Gasteiger partial charge on any atom is -0.665 e. The Morgan fingerprint density at radius 1 is 0.704 bits per heavy atom. The van der Waals surface area contributed by atoms with Gasteiger partial charge in [0.1, 0.15) is 11.5 Å². The first kappa shape index (κ1) is 24.4. The maximum absolute atomic E-state index is 10.3. The number of hydrogen-bond acceptors (Lipinski definition) is 4. The van der Waals surface area contributed by atoms with Crippen LogP contribution in [0.15, 0.2) is 48.5 Å². The van der Waals surface area contributed by atoms with Crippen molar-refractivity contribution in [1.82, 2.24) is 0 Å². The van der Waals surface area contributed by atoms with E-state index in [1.807, 2.05) is 0 Å². The van der Waals surface area contributed by atoms with Crippen LogP contribution in [-0.4, -0.2) is 44.4 Å². The summed E-state index contributed by atoms with van der Waals surface area (Å²) in [6.45, 7) is 0. The van der Waals surface area contributed by atoms with Crippen molar-refractivity contribution in [1.29, 1.82) is 0 Å². The van der Waals surface area contributed by atoms with Crippen LogP contribution in [0.5, 0.6) is 11.5 Å². The zero-order valence-electron chi connectivity index (χ0n) is 14.2. The summed E-state index contributed by atoms with van der Waals surface area (Å²) >= 11 is 0. The molecule has 0 bridgehead atoms. The van der Waals surface area contributed by atoms with E-state index in [4.69, 9.17) is 31.9 Å². The van der Waals surface area contributed by atoms with Gasteiger partial charge in [0.2, 0.25) is 0 Å². The van der Waals surface area contributed by atoms with Crippen LogP contribution in [0.2, 0.25) is 0 Å². The van der Waals surface area contributed by atoms with Crippen molar-refractivity contribution in [3.05, 3.63) is 71.1 Å². The molecule has 27 heavy (non-hydrogen) atoms. The SMILES string of the molecule is [Mn+2].[NH-]C(Cc1ccc(O)cc1)C(=O)O.[NH-]C(Cc1ccc(O)cc1)C(=O)O. The fourth-order valence-corrected chi connectivity index (χ4v) is 1.91. The van der Waals surface area contributed by atoms with E-state index in [1.54, 1.807) is 24.3 Å². The zero-order chi connectivity index (χ0) is 19.7. The first-order valence-electron chi connectivity index (χ1n) is 7.62. The van der Waals surface area contributed by atoms with Crippen LogP contribution >= 0.6 is 0 Å². The second kappa shape index (κ2) is 11.9. The van der Waals surface area contributed by atoms with Gasteiger partial charge in [0, 0.05) is 0 Å². The zero-order valence-corrected chi connectivity index (χ0v) is 15.4. The van der Waals surface area contributed by atoms with Crippen molar-refractivity contribution in [3.63, 3.8) is 0 Å². The summed E-state index contributed by atoms with van der Waals surface area (Å²) in [4.78, 5) is 20.7. The van der Waals surface area contributed by atoms with Crippen LogP contribution in [0.4, 0.5) is 0 Å². The van der Waals surface area contributed by atoms with E-state index in [-0.39, 0.29) is 41.4 Å². The van der Waals surface area contributed by atoms with Crippen LogP contribution in [0, 0.1) is 0 Å². The van der Waals surface area contributed by atoms with Crippen molar-refractivity contribution in [2.75, 3.05) is 0 Å². The van der Waals surface area contributed by atoms with Gasteiger partial charge >= 0.3 is 17.1 Å². The monoisotopic (exact) mass is 415 g/mol. The van der Waals surface area contributed by atoms with Crippen molar-refractivity contribution in [3.8, 4) is 11.5 Å². The van der Waals surface area contributed by atoms with Gasteiger partial charge in [-0.3, -0.25) is 9.59 Å². The molecule has 0 spiro atoms. The number of carbonyl (C=O) groups is 2. The molecule has 9 heteroatoms. The largest absolute Gasteiger partial charge is 2.00 e. The summed E-state index contributed by atoms with van der Waals surface area (Å²) in [5.74, 6) is -1.98. The predicted octanol–water partition coefficient (Wildman–Crippen LogP) is 2.88. The average Bonchev–Trinajstić information content (AvgIpc) is 2.59. The second-order valence-electron chi connectivity index (χ2n) is 5.52. The molecule has 2 unspecified atom stereocenters. The molecule has 0 aliphatic carbocycles. The summed E-state index contributed by atoms with van der Waals surface area (Å²) in [5, 5.41) is 34.8. The van der Waals surface area contributed by atoms with Gasteiger partial charge in [-0.1, -0.05) is 24.3 Å². The number of phenolic OH excluding ortho intramolecular Hbond substituents is 2. The van der Waals surface area contributed by atoms with Gasteiger partial charge in [0.15, 0.2) is 0 Å². The normalized spacial score (nSPS) is 11.9. The second-order valence-corrected chi connectivity index (χ2v) is 5.52. The number of carboxylic acids is 2. The summed E-state index contributed by atoms with van der Waals surface area (Å²) in [5.41, 5.74) is 15.8. The summed E-state index contributed by atoms with van der Waals surface area (Å²) in [6, 6.07) is 10.1.